The number of hydrogen-bond acceptors (Lipinski definition) is 3. The zero-order chi connectivity index (χ0) is 12.2. The van der Waals surface area contributed by atoms with Crippen LogP contribution in [0.5, 0.6) is 0 Å². The van der Waals surface area contributed by atoms with Crippen molar-refractivity contribution in [2.45, 2.75) is 18.9 Å². The molecule has 0 unspecified atom stereocenters. The molecule has 1 aromatic carbocycles. The van der Waals surface area contributed by atoms with Crippen molar-refractivity contribution in [2.75, 3.05) is 18.5 Å². The van der Waals surface area contributed by atoms with E-state index in [2.05, 4.69) is 34.6 Å². The van der Waals surface area contributed by atoms with Gasteiger partial charge in [0.05, 0.1) is 6.33 Å². The molecular formula is C14H17N3O. The van der Waals surface area contributed by atoms with Crippen LogP contribution in [0.25, 0.3) is 5.69 Å². The Morgan fingerprint density at radius 2 is 2.17 bits per heavy atom. The summed E-state index contributed by atoms with van der Waals surface area (Å²) in [5.74, 6) is 0. The number of benzene rings is 1. The molecule has 1 saturated heterocycles. The van der Waals surface area contributed by atoms with Gasteiger partial charge in [-0.05, 0) is 31.0 Å². The van der Waals surface area contributed by atoms with E-state index in [1.54, 1.807) is 6.20 Å². The molecule has 1 aliphatic heterocycles. The van der Waals surface area contributed by atoms with Crippen LogP contribution < -0.4 is 5.32 Å². The Morgan fingerprint density at radius 3 is 2.94 bits per heavy atom. The molecule has 0 bridgehead atoms. The molecule has 2 aromatic rings. The van der Waals surface area contributed by atoms with Crippen LogP contribution in [0.2, 0.25) is 0 Å². The second-order valence-corrected chi connectivity index (χ2v) is 4.55. The lowest BCUT2D eigenvalue weighted by atomic mass is 10.1. The molecule has 18 heavy (non-hydrogen) atoms. The highest BCUT2D eigenvalue weighted by atomic mass is 16.5. The monoisotopic (exact) mass is 243 g/mol. The summed E-state index contributed by atoms with van der Waals surface area (Å²) in [7, 11) is 0. The first-order valence-corrected chi connectivity index (χ1v) is 6.34. The standard InChI is InChI=1S/C14H17N3O/c1-2-13(16-12-4-8-18-9-5-12)10-14(3-1)17-7-6-15-11-17/h1-3,6-7,10-12,16H,4-5,8-9H2. The van der Waals surface area contributed by atoms with Crippen molar-refractivity contribution in [3.63, 3.8) is 0 Å². The maximum atomic E-state index is 5.37. The number of imidazole rings is 1. The van der Waals surface area contributed by atoms with E-state index in [1.807, 2.05) is 17.1 Å². The van der Waals surface area contributed by atoms with E-state index >= 15 is 0 Å². The number of ether oxygens (including phenoxy) is 1. The summed E-state index contributed by atoms with van der Waals surface area (Å²) in [6.07, 6.45) is 7.71. The van der Waals surface area contributed by atoms with Crippen molar-refractivity contribution in [1.29, 1.82) is 0 Å². The molecular weight excluding hydrogens is 226 g/mol. The number of hydrogen-bond donors (Lipinski definition) is 1. The number of nitrogens with one attached hydrogen (secondary N) is 1. The molecule has 0 atom stereocenters. The van der Waals surface area contributed by atoms with Gasteiger partial charge in [0.15, 0.2) is 0 Å². The Morgan fingerprint density at radius 1 is 1.28 bits per heavy atom. The van der Waals surface area contributed by atoms with Gasteiger partial charge in [0.2, 0.25) is 0 Å². The van der Waals surface area contributed by atoms with Crippen molar-refractivity contribution >= 4 is 5.69 Å². The van der Waals surface area contributed by atoms with E-state index in [-0.39, 0.29) is 0 Å². The summed E-state index contributed by atoms with van der Waals surface area (Å²) >= 11 is 0. The van der Waals surface area contributed by atoms with E-state index in [4.69, 9.17) is 4.74 Å². The smallest absolute Gasteiger partial charge is 0.0991 e. The predicted octanol–water partition coefficient (Wildman–Crippen LogP) is 2.46. The summed E-state index contributed by atoms with van der Waals surface area (Å²) in [6, 6.07) is 8.93. The van der Waals surface area contributed by atoms with Crippen LogP contribution in [-0.2, 0) is 4.74 Å². The van der Waals surface area contributed by atoms with Gasteiger partial charge in [-0.15, -0.1) is 0 Å². The molecule has 0 aliphatic carbocycles. The molecule has 3 rings (SSSR count). The molecule has 2 heterocycles. The molecule has 0 amide bonds. The number of aromatic nitrogens is 2. The Bertz CT molecular complexity index is 490. The van der Waals surface area contributed by atoms with Gasteiger partial charge in [0, 0.05) is 43.0 Å². The summed E-state index contributed by atoms with van der Waals surface area (Å²) in [5.41, 5.74) is 2.29. The third kappa shape index (κ3) is 2.54. The number of anilines is 1. The van der Waals surface area contributed by atoms with Crippen LogP contribution >= 0.6 is 0 Å². The van der Waals surface area contributed by atoms with Gasteiger partial charge in [-0.3, -0.25) is 0 Å². The Labute approximate surface area is 107 Å². The minimum atomic E-state index is 0.525. The lowest BCUT2D eigenvalue weighted by Gasteiger charge is -2.24. The summed E-state index contributed by atoms with van der Waals surface area (Å²) in [4.78, 5) is 4.07. The minimum absolute atomic E-state index is 0.525. The number of nitrogens with zero attached hydrogens (tertiary/aromatic N) is 2. The van der Waals surface area contributed by atoms with Gasteiger partial charge in [0.25, 0.3) is 0 Å². The quantitative estimate of drug-likeness (QED) is 0.900. The van der Waals surface area contributed by atoms with Gasteiger partial charge >= 0.3 is 0 Å². The first kappa shape index (κ1) is 11.3. The topological polar surface area (TPSA) is 39.1 Å². The third-order valence-electron chi connectivity index (χ3n) is 3.24. The zero-order valence-electron chi connectivity index (χ0n) is 10.2. The molecule has 94 valence electrons. The normalized spacial score (nSPS) is 16.7. The lowest BCUT2D eigenvalue weighted by Crippen LogP contribution is -2.27. The summed E-state index contributed by atoms with van der Waals surface area (Å²) in [6.45, 7) is 1.72. The first-order chi connectivity index (χ1) is 8.92. The molecule has 4 heteroatoms. The fourth-order valence-corrected chi connectivity index (χ4v) is 2.25. The Kier molecular flexibility index (Phi) is 3.28. The van der Waals surface area contributed by atoms with E-state index < -0.39 is 0 Å². The van der Waals surface area contributed by atoms with Crippen molar-refractivity contribution in [3.8, 4) is 5.69 Å². The van der Waals surface area contributed by atoms with Gasteiger partial charge < -0.3 is 14.6 Å². The van der Waals surface area contributed by atoms with Crippen molar-refractivity contribution in [1.82, 2.24) is 9.55 Å². The highest BCUT2D eigenvalue weighted by Gasteiger charge is 2.13. The van der Waals surface area contributed by atoms with Crippen LogP contribution in [0.1, 0.15) is 12.8 Å². The molecule has 1 aromatic heterocycles. The molecule has 4 nitrogen and oxygen atoms in total. The molecule has 0 radical (unpaired) electrons. The molecule has 1 fully saturated rings. The van der Waals surface area contributed by atoms with Crippen LogP contribution in [0, 0.1) is 0 Å². The largest absolute Gasteiger partial charge is 0.382 e. The fourth-order valence-electron chi connectivity index (χ4n) is 2.25. The van der Waals surface area contributed by atoms with Gasteiger partial charge in [-0.25, -0.2) is 4.98 Å². The van der Waals surface area contributed by atoms with Crippen LogP contribution in [0.4, 0.5) is 5.69 Å². The van der Waals surface area contributed by atoms with Crippen molar-refractivity contribution in [3.05, 3.63) is 43.0 Å². The fraction of sp³-hybridized carbons (Fsp3) is 0.357. The average molecular weight is 243 g/mol. The molecule has 0 spiro atoms. The van der Waals surface area contributed by atoms with Gasteiger partial charge in [-0.1, -0.05) is 6.07 Å². The van der Waals surface area contributed by atoms with Crippen LogP contribution in [0.15, 0.2) is 43.0 Å². The summed E-state index contributed by atoms with van der Waals surface area (Å²) < 4.78 is 7.38. The maximum absolute atomic E-state index is 5.37. The Hall–Kier alpha value is -1.81. The van der Waals surface area contributed by atoms with Crippen LogP contribution in [-0.4, -0.2) is 28.8 Å². The second-order valence-electron chi connectivity index (χ2n) is 4.55. The molecule has 1 aliphatic rings. The highest BCUT2D eigenvalue weighted by Crippen LogP contribution is 2.18. The lowest BCUT2D eigenvalue weighted by molar-refractivity contribution is 0.0904. The summed E-state index contributed by atoms with van der Waals surface area (Å²) in [5, 5.41) is 3.57. The maximum Gasteiger partial charge on any atom is 0.0991 e. The van der Waals surface area contributed by atoms with E-state index in [0.29, 0.717) is 6.04 Å². The SMILES string of the molecule is c1cc(NC2CCOCC2)cc(-n2ccnc2)c1. The second kappa shape index (κ2) is 5.23. The van der Waals surface area contributed by atoms with Crippen molar-refractivity contribution < 1.29 is 4.74 Å². The number of rotatable bonds is 3. The third-order valence-corrected chi connectivity index (χ3v) is 3.24. The van der Waals surface area contributed by atoms with Gasteiger partial charge in [-0.2, -0.15) is 0 Å². The van der Waals surface area contributed by atoms with Crippen molar-refractivity contribution in [2.24, 2.45) is 0 Å². The average Bonchev–Trinajstić information content (AvgIpc) is 2.94. The van der Waals surface area contributed by atoms with Crippen LogP contribution in [0.3, 0.4) is 0 Å². The molecule has 1 N–H and O–H groups in total. The minimum Gasteiger partial charge on any atom is -0.382 e. The zero-order valence-corrected chi connectivity index (χ0v) is 10.2. The predicted molar refractivity (Wildman–Crippen MR) is 71.0 cm³/mol. The first-order valence-electron chi connectivity index (χ1n) is 6.34. The highest BCUT2D eigenvalue weighted by molar-refractivity contribution is 5.51. The van der Waals surface area contributed by atoms with E-state index in [9.17, 15) is 0 Å². The van der Waals surface area contributed by atoms with E-state index in [1.165, 1.54) is 0 Å². The molecule has 0 saturated carbocycles. The van der Waals surface area contributed by atoms with E-state index in [0.717, 1.165) is 37.4 Å². The van der Waals surface area contributed by atoms with Gasteiger partial charge in [0.1, 0.15) is 0 Å². The Balaban J connectivity index is 1.74.